The van der Waals surface area contributed by atoms with E-state index in [0.29, 0.717) is 17.0 Å². The zero-order valence-electron chi connectivity index (χ0n) is 8.71. The third kappa shape index (κ3) is 2.29. The first-order valence-corrected chi connectivity index (χ1v) is 5.08. The number of halogens is 1. The van der Waals surface area contributed by atoms with Gasteiger partial charge in [0.2, 0.25) is 0 Å². The average molecular weight is 219 g/mol. The van der Waals surface area contributed by atoms with E-state index >= 15 is 0 Å². The molecule has 0 atom stereocenters. The Hall–Kier alpha value is -1.51. The van der Waals surface area contributed by atoms with Crippen molar-refractivity contribution in [3.63, 3.8) is 0 Å². The minimum atomic E-state index is 0.217. The number of nitrogens with zero attached hydrogens (tertiary/aromatic N) is 2. The van der Waals surface area contributed by atoms with Gasteiger partial charge in [-0.25, -0.2) is 0 Å². The van der Waals surface area contributed by atoms with Crippen LogP contribution in [0.2, 0.25) is 5.02 Å². The van der Waals surface area contributed by atoms with Gasteiger partial charge in [-0.2, -0.15) is 10.5 Å². The lowest BCUT2D eigenvalue weighted by Crippen LogP contribution is -1.98. The number of benzene rings is 1. The minimum absolute atomic E-state index is 0.217. The van der Waals surface area contributed by atoms with Crippen LogP contribution >= 0.6 is 11.6 Å². The Bertz CT molecular complexity index is 450. The lowest BCUT2D eigenvalue weighted by Gasteiger charge is -2.13. The van der Waals surface area contributed by atoms with E-state index in [1.165, 1.54) is 0 Å². The van der Waals surface area contributed by atoms with E-state index < -0.39 is 0 Å². The monoisotopic (exact) mass is 218 g/mol. The summed E-state index contributed by atoms with van der Waals surface area (Å²) >= 11 is 6.11. The van der Waals surface area contributed by atoms with Crippen LogP contribution in [0.1, 0.15) is 36.5 Å². The van der Waals surface area contributed by atoms with Gasteiger partial charge in [-0.05, 0) is 23.1 Å². The van der Waals surface area contributed by atoms with E-state index in [-0.39, 0.29) is 5.92 Å². The fourth-order valence-electron chi connectivity index (χ4n) is 1.58. The Morgan fingerprint density at radius 1 is 1.33 bits per heavy atom. The second-order valence-electron chi connectivity index (χ2n) is 3.60. The molecule has 0 heterocycles. The molecular formula is C12H11ClN2. The van der Waals surface area contributed by atoms with Crippen molar-refractivity contribution in [1.29, 1.82) is 10.5 Å². The Morgan fingerprint density at radius 2 is 2.00 bits per heavy atom. The van der Waals surface area contributed by atoms with Crippen LogP contribution in [0.4, 0.5) is 0 Å². The van der Waals surface area contributed by atoms with Crippen LogP contribution in [0.15, 0.2) is 12.1 Å². The molecule has 1 aromatic rings. The molecular weight excluding hydrogens is 208 g/mol. The number of rotatable bonds is 2. The summed E-state index contributed by atoms with van der Waals surface area (Å²) in [7, 11) is 0. The summed E-state index contributed by atoms with van der Waals surface area (Å²) in [6.45, 7) is 4.01. The molecule has 0 aromatic heterocycles. The first-order valence-electron chi connectivity index (χ1n) is 4.70. The van der Waals surface area contributed by atoms with Gasteiger partial charge in [0.1, 0.15) is 6.07 Å². The number of nitriles is 2. The summed E-state index contributed by atoms with van der Waals surface area (Å²) in [6, 6.07) is 7.62. The zero-order chi connectivity index (χ0) is 11.4. The SMILES string of the molecule is CC(C)c1c(CC#N)ccc(C#N)c1Cl. The molecule has 0 N–H and O–H groups in total. The maximum atomic E-state index is 8.85. The molecule has 0 radical (unpaired) electrons. The van der Waals surface area contributed by atoms with Crippen molar-refractivity contribution < 1.29 is 0 Å². The van der Waals surface area contributed by atoms with Gasteiger partial charge in [0.05, 0.1) is 23.1 Å². The van der Waals surface area contributed by atoms with Crippen molar-refractivity contribution in [2.24, 2.45) is 0 Å². The molecule has 15 heavy (non-hydrogen) atoms. The van der Waals surface area contributed by atoms with Crippen LogP contribution in [-0.4, -0.2) is 0 Å². The maximum absolute atomic E-state index is 8.85. The van der Waals surface area contributed by atoms with Gasteiger partial charge in [-0.3, -0.25) is 0 Å². The van der Waals surface area contributed by atoms with Crippen LogP contribution in [0, 0.1) is 22.7 Å². The first kappa shape index (κ1) is 11.6. The molecule has 0 unspecified atom stereocenters. The molecule has 0 bridgehead atoms. The summed E-state index contributed by atoms with van der Waals surface area (Å²) in [5.74, 6) is 0.217. The van der Waals surface area contributed by atoms with Crippen LogP contribution < -0.4 is 0 Å². The predicted octanol–water partition coefficient (Wildman–Crippen LogP) is 3.40. The molecule has 0 fully saturated rings. The van der Waals surface area contributed by atoms with Crippen LogP contribution in [-0.2, 0) is 6.42 Å². The van der Waals surface area contributed by atoms with Crippen molar-refractivity contribution in [3.05, 3.63) is 33.8 Å². The van der Waals surface area contributed by atoms with E-state index in [1.807, 2.05) is 26.0 Å². The molecule has 0 spiro atoms. The number of hydrogen-bond acceptors (Lipinski definition) is 2. The van der Waals surface area contributed by atoms with Crippen molar-refractivity contribution >= 4 is 11.6 Å². The summed E-state index contributed by atoms with van der Waals surface area (Å²) in [5, 5.41) is 18.0. The van der Waals surface area contributed by atoms with E-state index in [9.17, 15) is 0 Å². The molecule has 0 aliphatic rings. The van der Waals surface area contributed by atoms with Crippen molar-refractivity contribution in [2.45, 2.75) is 26.2 Å². The highest BCUT2D eigenvalue weighted by molar-refractivity contribution is 6.32. The van der Waals surface area contributed by atoms with Crippen molar-refractivity contribution in [3.8, 4) is 12.1 Å². The van der Waals surface area contributed by atoms with Crippen LogP contribution in [0.3, 0.4) is 0 Å². The molecule has 1 aromatic carbocycles. The first-order chi connectivity index (χ1) is 7.11. The van der Waals surface area contributed by atoms with Gasteiger partial charge in [-0.1, -0.05) is 31.5 Å². The largest absolute Gasteiger partial charge is 0.198 e. The average Bonchev–Trinajstić information content (AvgIpc) is 2.18. The second kappa shape index (κ2) is 4.82. The summed E-state index contributed by atoms with van der Waals surface area (Å²) in [4.78, 5) is 0. The molecule has 1 rings (SSSR count). The smallest absolute Gasteiger partial charge is 0.101 e. The molecule has 2 nitrogen and oxygen atoms in total. The molecule has 3 heteroatoms. The van der Waals surface area contributed by atoms with Crippen LogP contribution in [0.25, 0.3) is 0 Å². The minimum Gasteiger partial charge on any atom is -0.198 e. The van der Waals surface area contributed by atoms with Gasteiger partial charge in [0.25, 0.3) is 0 Å². The van der Waals surface area contributed by atoms with Crippen LogP contribution in [0.5, 0.6) is 0 Å². The quantitative estimate of drug-likeness (QED) is 0.764. The molecule has 0 aliphatic heterocycles. The molecule has 76 valence electrons. The Morgan fingerprint density at radius 3 is 2.47 bits per heavy atom. The van der Waals surface area contributed by atoms with E-state index in [1.54, 1.807) is 6.07 Å². The van der Waals surface area contributed by atoms with Gasteiger partial charge in [0.15, 0.2) is 0 Å². The van der Waals surface area contributed by atoms with Gasteiger partial charge in [-0.15, -0.1) is 0 Å². The Labute approximate surface area is 94.7 Å². The standard InChI is InChI=1S/C12H11ClN2/c1-8(2)11-9(5-6-14)3-4-10(7-15)12(11)13/h3-4,8H,5H2,1-2H3. The lowest BCUT2D eigenvalue weighted by molar-refractivity contribution is 0.850. The van der Waals surface area contributed by atoms with Gasteiger partial charge in [0, 0.05) is 0 Å². The Balaban J connectivity index is 3.40. The molecule has 0 saturated carbocycles. The highest BCUT2D eigenvalue weighted by Crippen LogP contribution is 2.30. The molecule has 0 amide bonds. The van der Waals surface area contributed by atoms with Crippen molar-refractivity contribution in [1.82, 2.24) is 0 Å². The van der Waals surface area contributed by atoms with E-state index in [2.05, 4.69) is 6.07 Å². The Kier molecular flexibility index (Phi) is 3.72. The predicted molar refractivity (Wildman–Crippen MR) is 59.6 cm³/mol. The topological polar surface area (TPSA) is 47.6 Å². The highest BCUT2D eigenvalue weighted by atomic mass is 35.5. The van der Waals surface area contributed by atoms with E-state index in [0.717, 1.165) is 11.1 Å². The fraction of sp³-hybridized carbons (Fsp3) is 0.333. The molecule has 0 aliphatic carbocycles. The highest BCUT2D eigenvalue weighted by Gasteiger charge is 2.14. The summed E-state index contributed by atoms with van der Waals surface area (Å²) in [6.07, 6.45) is 0.332. The lowest BCUT2D eigenvalue weighted by atomic mass is 9.93. The molecule has 0 saturated heterocycles. The maximum Gasteiger partial charge on any atom is 0.101 e. The zero-order valence-corrected chi connectivity index (χ0v) is 9.47. The van der Waals surface area contributed by atoms with Gasteiger partial charge >= 0.3 is 0 Å². The third-order valence-corrected chi connectivity index (χ3v) is 2.64. The fourth-order valence-corrected chi connectivity index (χ4v) is 2.03. The third-order valence-electron chi connectivity index (χ3n) is 2.24. The van der Waals surface area contributed by atoms with Gasteiger partial charge < -0.3 is 0 Å². The second-order valence-corrected chi connectivity index (χ2v) is 3.98. The normalized spacial score (nSPS) is 9.73. The summed E-state index contributed by atoms with van der Waals surface area (Å²) < 4.78 is 0. The van der Waals surface area contributed by atoms with Crippen molar-refractivity contribution in [2.75, 3.05) is 0 Å². The number of hydrogen-bond donors (Lipinski definition) is 0. The van der Waals surface area contributed by atoms with E-state index in [4.69, 9.17) is 22.1 Å². The summed E-state index contributed by atoms with van der Waals surface area (Å²) in [5.41, 5.74) is 2.30.